The maximum Gasteiger partial charge on any atom is 0.310 e. The number of hydrogen-bond acceptors (Lipinski definition) is 3. The minimum Gasteiger partial charge on any atom is -0.481 e. The number of carboxylic acids is 1. The Hall–Kier alpha value is -1.10. The van der Waals surface area contributed by atoms with Gasteiger partial charge in [-0.2, -0.15) is 0 Å². The Morgan fingerprint density at radius 1 is 1.16 bits per heavy atom. The summed E-state index contributed by atoms with van der Waals surface area (Å²) in [5, 5.41) is 11.9. The van der Waals surface area contributed by atoms with Crippen LogP contribution in [0, 0.1) is 5.41 Å². The molecule has 5 nitrogen and oxygen atoms in total. The summed E-state index contributed by atoms with van der Waals surface area (Å²) in [5.41, 5.74) is -0.937. The molecule has 0 fully saturated rings. The van der Waals surface area contributed by atoms with Crippen molar-refractivity contribution in [3.8, 4) is 0 Å². The Morgan fingerprint density at radius 3 is 2.26 bits per heavy atom. The number of carbonyl (C=O) groups excluding carboxylic acids is 1. The summed E-state index contributed by atoms with van der Waals surface area (Å²) < 4.78 is 5.32. The fourth-order valence-electron chi connectivity index (χ4n) is 1.86. The molecule has 0 aromatic carbocycles. The molecule has 0 unspecified atom stereocenters. The first-order valence-electron chi connectivity index (χ1n) is 7.10. The third-order valence-electron chi connectivity index (χ3n) is 3.52. The van der Waals surface area contributed by atoms with Gasteiger partial charge in [0.2, 0.25) is 5.91 Å². The van der Waals surface area contributed by atoms with Gasteiger partial charge < -0.3 is 15.2 Å². The molecule has 112 valence electrons. The van der Waals surface area contributed by atoms with Crippen molar-refractivity contribution in [2.75, 3.05) is 19.8 Å². The summed E-state index contributed by atoms with van der Waals surface area (Å²) in [7, 11) is 0. The van der Waals surface area contributed by atoms with Crippen LogP contribution in [0.3, 0.4) is 0 Å². The first kappa shape index (κ1) is 17.9. The maximum atomic E-state index is 11.7. The number of carbonyl (C=O) groups is 2. The van der Waals surface area contributed by atoms with Gasteiger partial charge in [-0.05, 0) is 19.3 Å². The van der Waals surface area contributed by atoms with E-state index in [9.17, 15) is 14.7 Å². The molecule has 0 aliphatic rings. The highest BCUT2D eigenvalue weighted by atomic mass is 16.5. The minimum absolute atomic E-state index is 0.0320. The lowest BCUT2D eigenvalue weighted by molar-refractivity contribution is -0.152. The predicted octanol–water partition coefficient (Wildman–Crippen LogP) is 2.20. The second kappa shape index (κ2) is 9.78. The first-order chi connectivity index (χ1) is 9.02. The lowest BCUT2D eigenvalue weighted by Gasteiger charge is -2.25. The molecule has 19 heavy (non-hydrogen) atoms. The molecule has 2 N–H and O–H groups in total. The average Bonchev–Trinajstić information content (AvgIpc) is 2.39. The Bertz CT molecular complexity index is 275. The van der Waals surface area contributed by atoms with Gasteiger partial charge in [0.1, 0.15) is 0 Å². The largest absolute Gasteiger partial charge is 0.481 e. The lowest BCUT2D eigenvalue weighted by atomic mass is 9.79. The van der Waals surface area contributed by atoms with Crippen LogP contribution in [0.4, 0.5) is 0 Å². The SMILES string of the molecule is CCCCOCCNC(=O)CC(CC)(CC)C(=O)O. The summed E-state index contributed by atoms with van der Waals surface area (Å²) in [6.45, 7) is 7.31. The quantitative estimate of drug-likeness (QED) is 0.566. The Kier molecular flexibility index (Phi) is 9.21. The molecule has 0 aromatic rings. The highest BCUT2D eigenvalue weighted by Gasteiger charge is 2.36. The van der Waals surface area contributed by atoms with E-state index in [1.54, 1.807) is 13.8 Å². The van der Waals surface area contributed by atoms with Crippen LogP contribution in [0.2, 0.25) is 0 Å². The van der Waals surface area contributed by atoms with Crippen molar-refractivity contribution >= 4 is 11.9 Å². The van der Waals surface area contributed by atoms with E-state index < -0.39 is 11.4 Å². The molecular formula is C14H27NO4. The van der Waals surface area contributed by atoms with Gasteiger partial charge in [0.25, 0.3) is 0 Å². The van der Waals surface area contributed by atoms with Crippen LogP contribution < -0.4 is 5.32 Å². The van der Waals surface area contributed by atoms with Crippen LogP contribution in [0.1, 0.15) is 52.9 Å². The normalized spacial score (nSPS) is 11.3. The van der Waals surface area contributed by atoms with Gasteiger partial charge in [0.15, 0.2) is 0 Å². The Balaban J connectivity index is 3.98. The Morgan fingerprint density at radius 2 is 1.79 bits per heavy atom. The fourth-order valence-corrected chi connectivity index (χ4v) is 1.86. The van der Waals surface area contributed by atoms with E-state index in [1.165, 1.54) is 0 Å². The van der Waals surface area contributed by atoms with E-state index in [0.717, 1.165) is 12.8 Å². The van der Waals surface area contributed by atoms with Gasteiger partial charge in [-0.3, -0.25) is 9.59 Å². The van der Waals surface area contributed by atoms with Crippen LogP contribution in [0.15, 0.2) is 0 Å². The summed E-state index contributed by atoms with van der Waals surface area (Å²) in [5.74, 6) is -1.11. The van der Waals surface area contributed by atoms with E-state index in [4.69, 9.17) is 4.74 Å². The Labute approximate surface area is 115 Å². The molecular weight excluding hydrogens is 246 g/mol. The van der Waals surface area contributed by atoms with Gasteiger partial charge in [-0.25, -0.2) is 0 Å². The van der Waals surface area contributed by atoms with Gasteiger partial charge in [0.05, 0.1) is 12.0 Å². The van der Waals surface area contributed by atoms with Gasteiger partial charge >= 0.3 is 5.97 Å². The van der Waals surface area contributed by atoms with Crippen molar-refractivity contribution in [2.24, 2.45) is 5.41 Å². The number of aliphatic carboxylic acids is 1. The fraction of sp³-hybridized carbons (Fsp3) is 0.857. The molecule has 0 saturated carbocycles. The van der Waals surface area contributed by atoms with Crippen molar-refractivity contribution in [1.82, 2.24) is 5.32 Å². The van der Waals surface area contributed by atoms with E-state index >= 15 is 0 Å². The van der Waals surface area contributed by atoms with Crippen LogP contribution in [0.25, 0.3) is 0 Å². The molecule has 0 saturated heterocycles. The minimum atomic E-state index is -0.937. The number of amides is 1. The number of hydrogen-bond donors (Lipinski definition) is 2. The number of rotatable bonds is 11. The highest BCUT2D eigenvalue weighted by molar-refractivity contribution is 5.84. The standard InChI is InChI=1S/C14H27NO4/c1-4-7-9-19-10-8-15-12(16)11-14(5-2,6-3)13(17)18/h4-11H2,1-3H3,(H,15,16)(H,17,18). The molecule has 1 amide bonds. The molecule has 0 heterocycles. The average molecular weight is 273 g/mol. The third kappa shape index (κ3) is 6.57. The van der Waals surface area contributed by atoms with Crippen molar-refractivity contribution < 1.29 is 19.4 Å². The van der Waals surface area contributed by atoms with Gasteiger partial charge in [-0.15, -0.1) is 0 Å². The molecule has 0 rings (SSSR count). The van der Waals surface area contributed by atoms with Crippen LogP contribution >= 0.6 is 0 Å². The zero-order chi connectivity index (χ0) is 14.7. The van der Waals surface area contributed by atoms with Crippen LogP contribution in [-0.4, -0.2) is 36.7 Å². The zero-order valence-corrected chi connectivity index (χ0v) is 12.3. The van der Waals surface area contributed by atoms with E-state index in [2.05, 4.69) is 12.2 Å². The van der Waals surface area contributed by atoms with Crippen molar-refractivity contribution in [1.29, 1.82) is 0 Å². The number of ether oxygens (including phenoxy) is 1. The topological polar surface area (TPSA) is 75.6 Å². The third-order valence-corrected chi connectivity index (χ3v) is 3.52. The second-order valence-electron chi connectivity index (χ2n) is 4.79. The maximum absolute atomic E-state index is 11.7. The number of unbranched alkanes of at least 4 members (excludes halogenated alkanes) is 1. The van der Waals surface area contributed by atoms with Gasteiger partial charge in [0, 0.05) is 19.6 Å². The van der Waals surface area contributed by atoms with E-state index in [1.807, 2.05) is 0 Å². The molecule has 0 atom stereocenters. The smallest absolute Gasteiger partial charge is 0.310 e. The molecule has 0 spiro atoms. The zero-order valence-electron chi connectivity index (χ0n) is 12.3. The lowest BCUT2D eigenvalue weighted by Crippen LogP contribution is -2.37. The summed E-state index contributed by atoms with van der Waals surface area (Å²) >= 11 is 0. The van der Waals surface area contributed by atoms with E-state index in [-0.39, 0.29) is 12.3 Å². The monoisotopic (exact) mass is 273 g/mol. The van der Waals surface area contributed by atoms with Crippen molar-refractivity contribution in [2.45, 2.75) is 52.9 Å². The van der Waals surface area contributed by atoms with Crippen molar-refractivity contribution in [3.05, 3.63) is 0 Å². The van der Waals surface area contributed by atoms with E-state index in [0.29, 0.717) is 32.6 Å². The molecule has 0 radical (unpaired) electrons. The molecule has 0 bridgehead atoms. The predicted molar refractivity (Wildman–Crippen MR) is 74.0 cm³/mol. The molecule has 0 aromatic heterocycles. The molecule has 0 aliphatic carbocycles. The second-order valence-corrected chi connectivity index (χ2v) is 4.79. The molecule has 5 heteroatoms. The summed E-state index contributed by atoms with van der Waals surface area (Å²) in [6, 6.07) is 0. The highest BCUT2D eigenvalue weighted by Crippen LogP contribution is 2.30. The number of nitrogens with one attached hydrogen (secondary N) is 1. The summed E-state index contributed by atoms with van der Waals surface area (Å²) in [6.07, 6.45) is 3.05. The van der Waals surface area contributed by atoms with Crippen LogP contribution in [-0.2, 0) is 14.3 Å². The van der Waals surface area contributed by atoms with Crippen LogP contribution in [0.5, 0.6) is 0 Å². The molecule has 0 aliphatic heterocycles. The van der Waals surface area contributed by atoms with Gasteiger partial charge in [-0.1, -0.05) is 27.2 Å². The number of carboxylic acid groups (broad SMARTS) is 1. The van der Waals surface area contributed by atoms with Crippen molar-refractivity contribution in [3.63, 3.8) is 0 Å². The summed E-state index contributed by atoms with van der Waals surface area (Å²) in [4.78, 5) is 23.0. The first-order valence-corrected chi connectivity index (χ1v) is 7.10.